The minimum atomic E-state index is -0.106. The summed E-state index contributed by atoms with van der Waals surface area (Å²) in [5, 5.41) is 0. The van der Waals surface area contributed by atoms with Crippen LogP contribution in [0.15, 0.2) is 69.6 Å². The van der Waals surface area contributed by atoms with Crippen LogP contribution in [0.25, 0.3) is 0 Å². The molecule has 0 spiro atoms. The van der Waals surface area contributed by atoms with E-state index in [0.717, 1.165) is 33.3 Å². The Kier molecular flexibility index (Phi) is 5.10. The fourth-order valence-electron chi connectivity index (χ4n) is 3.07. The van der Waals surface area contributed by atoms with Crippen molar-refractivity contribution in [3.05, 3.63) is 81.3 Å². The molecule has 0 aromatic heterocycles. The number of benzene rings is 2. The molecular weight excluding hydrogens is 362 g/mol. The smallest absolute Gasteiger partial charge is 0.137 e. The highest BCUT2D eigenvalue weighted by Gasteiger charge is 2.23. The minimum absolute atomic E-state index is 0.106. The molecule has 2 aromatic carbocycles. The third kappa shape index (κ3) is 3.90. The van der Waals surface area contributed by atoms with Crippen molar-refractivity contribution in [3.8, 4) is 0 Å². The van der Waals surface area contributed by atoms with Crippen molar-refractivity contribution in [1.82, 2.24) is 0 Å². The first-order valence-corrected chi connectivity index (χ1v) is 8.89. The Morgan fingerprint density at radius 1 is 1.21 bits per heavy atom. The number of Topliss-reactive ketones (excluding diaryl/α,β-unsaturated/α-hetero) is 1. The van der Waals surface area contributed by atoms with Crippen LogP contribution in [0.4, 0.5) is 0 Å². The van der Waals surface area contributed by atoms with E-state index < -0.39 is 0 Å². The van der Waals surface area contributed by atoms with Crippen LogP contribution in [0.1, 0.15) is 23.6 Å². The predicted molar refractivity (Wildman–Crippen MR) is 103 cm³/mol. The molecule has 0 aliphatic carbocycles. The molecule has 2 aromatic rings. The molecule has 24 heavy (non-hydrogen) atoms. The lowest BCUT2D eigenvalue weighted by Crippen LogP contribution is -2.17. The highest BCUT2D eigenvalue weighted by Crippen LogP contribution is 2.25. The zero-order valence-corrected chi connectivity index (χ0v) is 15.5. The number of ketones is 1. The average molecular weight is 382 g/mol. The van der Waals surface area contributed by atoms with Gasteiger partial charge in [0, 0.05) is 10.4 Å². The highest BCUT2D eigenvalue weighted by atomic mass is 79.9. The quantitative estimate of drug-likeness (QED) is 0.721. The summed E-state index contributed by atoms with van der Waals surface area (Å²) < 4.78 is 1.04. The molecule has 1 heterocycles. The lowest BCUT2D eigenvalue weighted by atomic mass is 9.88. The fraction of sp³-hybridized carbons (Fsp3) is 0.238. The Labute approximate surface area is 151 Å². The van der Waals surface area contributed by atoms with Gasteiger partial charge in [0.1, 0.15) is 5.78 Å². The molecule has 122 valence electrons. The van der Waals surface area contributed by atoms with Crippen LogP contribution in [0, 0.1) is 12.8 Å². The molecule has 2 nitrogen and oxygen atoms in total. The van der Waals surface area contributed by atoms with Gasteiger partial charge in [-0.3, -0.25) is 9.79 Å². The van der Waals surface area contributed by atoms with E-state index in [0.29, 0.717) is 6.54 Å². The van der Waals surface area contributed by atoms with Gasteiger partial charge in [-0.25, -0.2) is 0 Å². The molecular formula is C21H20BrNO. The maximum Gasteiger partial charge on any atom is 0.137 e. The number of aliphatic imine (C=N–C) groups is 1. The molecule has 0 N–H and O–H groups in total. The van der Waals surface area contributed by atoms with Crippen LogP contribution >= 0.6 is 15.9 Å². The second-order valence-electron chi connectivity index (χ2n) is 6.29. The van der Waals surface area contributed by atoms with Gasteiger partial charge in [-0.1, -0.05) is 51.8 Å². The first-order valence-electron chi connectivity index (χ1n) is 8.10. The molecule has 0 saturated heterocycles. The molecule has 0 radical (unpaired) electrons. The minimum Gasteiger partial charge on any atom is -0.299 e. The van der Waals surface area contributed by atoms with Crippen molar-refractivity contribution < 1.29 is 4.79 Å². The molecule has 0 saturated carbocycles. The summed E-state index contributed by atoms with van der Waals surface area (Å²) in [4.78, 5) is 16.9. The van der Waals surface area contributed by atoms with Crippen molar-refractivity contribution >= 4 is 27.4 Å². The van der Waals surface area contributed by atoms with E-state index in [1.54, 1.807) is 6.92 Å². The monoisotopic (exact) mass is 381 g/mol. The highest BCUT2D eigenvalue weighted by molar-refractivity contribution is 9.10. The third-order valence-electron chi connectivity index (χ3n) is 4.34. The topological polar surface area (TPSA) is 29.4 Å². The van der Waals surface area contributed by atoms with Gasteiger partial charge in [-0.15, -0.1) is 0 Å². The standard InChI is InChI=1S/C21H20BrNO/c1-14-5-3-7-17(9-14)21-12-18(13-23-21)20(15(2)24)11-16-6-4-8-19(22)10-16/h3-10,12,20H,11,13H2,1-2H3/t20-/m0/s1. The maximum absolute atomic E-state index is 12.2. The number of rotatable bonds is 5. The molecule has 3 heteroatoms. The maximum atomic E-state index is 12.2. The first-order chi connectivity index (χ1) is 11.5. The second kappa shape index (κ2) is 7.27. The van der Waals surface area contributed by atoms with Gasteiger partial charge in [0.05, 0.1) is 12.3 Å². The summed E-state index contributed by atoms with van der Waals surface area (Å²) in [6.45, 7) is 4.37. The van der Waals surface area contributed by atoms with Crippen molar-refractivity contribution in [1.29, 1.82) is 0 Å². The van der Waals surface area contributed by atoms with Crippen LogP contribution in [0.5, 0.6) is 0 Å². The molecule has 1 atom stereocenters. The number of allylic oxidation sites excluding steroid dienone is 1. The molecule has 1 aliphatic heterocycles. The molecule has 0 unspecified atom stereocenters. The molecule has 3 rings (SSSR count). The second-order valence-corrected chi connectivity index (χ2v) is 7.20. The Bertz CT molecular complexity index is 835. The zero-order valence-electron chi connectivity index (χ0n) is 13.9. The summed E-state index contributed by atoms with van der Waals surface area (Å²) in [5.41, 5.74) is 5.59. The lowest BCUT2D eigenvalue weighted by Gasteiger charge is -2.15. The summed E-state index contributed by atoms with van der Waals surface area (Å²) in [7, 11) is 0. The van der Waals surface area contributed by atoms with Gasteiger partial charge < -0.3 is 0 Å². The van der Waals surface area contributed by atoms with E-state index >= 15 is 0 Å². The lowest BCUT2D eigenvalue weighted by molar-refractivity contribution is -0.119. The Balaban J connectivity index is 1.83. The molecule has 1 aliphatic rings. The van der Waals surface area contributed by atoms with Crippen LogP contribution < -0.4 is 0 Å². The van der Waals surface area contributed by atoms with Gasteiger partial charge in [-0.05, 0) is 61.2 Å². The van der Waals surface area contributed by atoms with E-state index in [-0.39, 0.29) is 11.7 Å². The fourth-order valence-corrected chi connectivity index (χ4v) is 3.52. The molecule has 0 fully saturated rings. The number of nitrogens with zero attached hydrogens (tertiary/aromatic N) is 1. The Morgan fingerprint density at radius 2 is 2.00 bits per heavy atom. The number of hydrogen-bond donors (Lipinski definition) is 0. The van der Waals surface area contributed by atoms with Crippen molar-refractivity contribution in [3.63, 3.8) is 0 Å². The largest absolute Gasteiger partial charge is 0.299 e. The van der Waals surface area contributed by atoms with E-state index in [1.807, 2.05) is 18.2 Å². The summed E-state index contributed by atoms with van der Waals surface area (Å²) in [5.74, 6) is 0.0901. The number of carbonyl (C=O) groups is 1. The van der Waals surface area contributed by atoms with Crippen LogP contribution in [0.3, 0.4) is 0 Å². The molecule has 0 amide bonds. The first kappa shape index (κ1) is 16.8. The van der Waals surface area contributed by atoms with E-state index in [4.69, 9.17) is 0 Å². The van der Waals surface area contributed by atoms with E-state index in [1.165, 1.54) is 5.56 Å². The number of halogens is 1. The van der Waals surface area contributed by atoms with E-state index in [9.17, 15) is 4.79 Å². The van der Waals surface area contributed by atoms with Gasteiger partial charge in [0.15, 0.2) is 0 Å². The van der Waals surface area contributed by atoms with Crippen LogP contribution in [-0.2, 0) is 11.2 Å². The van der Waals surface area contributed by atoms with Gasteiger partial charge in [0.25, 0.3) is 0 Å². The van der Waals surface area contributed by atoms with Gasteiger partial charge in [-0.2, -0.15) is 0 Å². The number of aryl methyl sites for hydroxylation is 1. The average Bonchev–Trinajstić information content (AvgIpc) is 3.02. The summed E-state index contributed by atoms with van der Waals surface area (Å²) in [6, 6.07) is 16.5. The van der Waals surface area contributed by atoms with Crippen molar-refractivity contribution in [2.75, 3.05) is 6.54 Å². The summed E-state index contributed by atoms with van der Waals surface area (Å²) in [6.07, 6.45) is 2.82. The van der Waals surface area contributed by atoms with Gasteiger partial charge >= 0.3 is 0 Å². The number of carbonyl (C=O) groups excluding carboxylic acids is 1. The normalized spacial score (nSPS) is 15.0. The van der Waals surface area contributed by atoms with Gasteiger partial charge in [0.2, 0.25) is 0 Å². The van der Waals surface area contributed by atoms with Crippen molar-refractivity contribution in [2.24, 2.45) is 10.9 Å². The summed E-state index contributed by atoms with van der Waals surface area (Å²) >= 11 is 3.50. The third-order valence-corrected chi connectivity index (χ3v) is 4.83. The molecule has 0 bridgehead atoms. The number of hydrogen-bond acceptors (Lipinski definition) is 2. The Hall–Kier alpha value is -2.00. The van der Waals surface area contributed by atoms with E-state index in [2.05, 4.69) is 64.3 Å². The zero-order chi connectivity index (χ0) is 17.1. The predicted octanol–water partition coefficient (Wildman–Crippen LogP) is 4.93. The Morgan fingerprint density at radius 3 is 2.71 bits per heavy atom. The van der Waals surface area contributed by atoms with Crippen LogP contribution in [-0.4, -0.2) is 18.0 Å². The van der Waals surface area contributed by atoms with Crippen molar-refractivity contribution in [2.45, 2.75) is 20.3 Å². The SMILES string of the molecule is CC(=O)[C@H](Cc1cccc(Br)c1)C1=CC(c2cccc(C)c2)=NC1. The van der Waals surface area contributed by atoms with Crippen LogP contribution in [0.2, 0.25) is 0 Å².